The molecule has 0 N–H and O–H groups in total. The first-order chi connectivity index (χ1) is 11.2. The summed E-state index contributed by atoms with van der Waals surface area (Å²) in [6, 6.07) is 0. The number of hydrogen-bond donors (Lipinski definition) is 0. The molecule has 7 nitrogen and oxygen atoms in total. The smallest absolute Gasteiger partial charge is 0.410 e. The second-order valence-corrected chi connectivity index (χ2v) is 7.26. The van der Waals surface area contributed by atoms with Gasteiger partial charge in [0.05, 0.1) is 11.3 Å². The Morgan fingerprint density at radius 2 is 1.88 bits per heavy atom. The lowest BCUT2D eigenvalue weighted by Crippen LogP contribution is -2.41. The van der Waals surface area contributed by atoms with Gasteiger partial charge in [-0.25, -0.2) is 14.8 Å². The Balaban J connectivity index is 2.05. The minimum Gasteiger partial charge on any atom is -0.444 e. The molecule has 2 rings (SSSR count). The van der Waals surface area contributed by atoms with Gasteiger partial charge in [0.1, 0.15) is 11.9 Å². The van der Waals surface area contributed by atoms with E-state index in [0.29, 0.717) is 18.7 Å². The second-order valence-electron chi connectivity index (χ2n) is 7.26. The van der Waals surface area contributed by atoms with Crippen LogP contribution in [0.3, 0.4) is 0 Å². The van der Waals surface area contributed by atoms with E-state index < -0.39 is 5.60 Å². The molecule has 0 atom stereocenters. The van der Waals surface area contributed by atoms with Crippen molar-refractivity contribution in [3.63, 3.8) is 0 Å². The average molecular weight is 334 g/mol. The molecule has 0 saturated carbocycles. The predicted molar refractivity (Wildman–Crippen MR) is 89.8 cm³/mol. The van der Waals surface area contributed by atoms with Crippen molar-refractivity contribution in [3.05, 3.63) is 23.8 Å². The maximum atomic E-state index is 12.3. The van der Waals surface area contributed by atoms with Gasteiger partial charge in [0.2, 0.25) is 0 Å². The summed E-state index contributed by atoms with van der Waals surface area (Å²) in [4.78, 5) is 36.0. The summed E-state index contributed by atoms with van der Waals surface area (Å²) in [5, 5.41) is 0. The van der Waals surface area contributed by atoms with E-state index in [-0.39, 0.29) is 17.9 Å². The summed E-state index contributed by atoms with van der Waals surface area (Å²) < 4.78 is 5.41. The lowest BCUT2D eigenvalue weighted by Gasteiger charge is -2.33. The minimum absolute atomic E-state index is 0.0971. The largest absolute Gasteiger partial charge is 0.444 e. The lowest BCUT2D eigenvalue weighted by molar-refractivity contribution is 0.0203. The maximum absolute atomic E-state index is 12.3. The Hall–Kier alpha value is -2.18. The zero-order chi connectivity index (χ0) is 17.9. The van der Waals surface area contributed by atoms with Crippen LogP contribution < -0.4 is 0 Å². The van der Waals surface area contributed by atoms with Gasteiger partial charge in [-0.3, -0.25) is 4.79 Å². The van der Waals surface area contributed by atoms with Crippen molar-refractivity contribution in [3.8, 4) is 0 Å². The number of rotatable bonds is 2. The highest BCUT2D eigenvalue weighted by atomic mass is 16.6. The number of aromatic nitrogens is 2. The molecule has 2 amide bonds. The second kappa shape index (κ2) is 7.15. The van der Waals surface area contributed by atoms with Gasteiger partial charge in [-0.1, -0.05) is 0 Å². The zero-order valence-electron chi connectivity index (χ0n) is 15.1. The highest BCUT2D eigenvalue weighted by Gasteiger charge is 2.30. The van der Waals surface area contributed by atoms with Crippen LogP contribution in [0.25, 0.3) is 0 Å². The molecule has 1 aliphatic rings. The van der Waals surface area contributed by atoms with Crippen LogP contribution in [0.15, 0.2) is 12.5 Å². The quantitative estimate of drug-likeness (QED) is 0.829. The first-order valence-electron chi connectivity index (χ1n) is 8.18. The zero-order valence-corrected chi connectivity index (χ0v) is 15.1. The third-order valence-corrected chi connectivity index (χ3v) is 3.91. The Morgan fingerprint density at radius 3 is 2.42 bits per heavy atom. The van der Waals surface area contributed by atoms with Crippen LogP contribution in [-0.2, 0) is 4.74 Å². The number of carbonyl (C=O) groups is 2. The summed E-state index contributed by atoms with van der Waals surface area (Å²) in [6.07, 6.45) is 4.27. The van der Waals surface area contributed by atoms with Crippen LogP contribution in [0.5, 0.6) is 0 Å². The number of piperidine rings is 1. The molecule has 1 fully saturated rings. The Morgan fingerprint density at radius 1 is 1.25 bits per heavy atom. The number of ether oxygens (including phenoxy) is 1. The topological polar surface area (TPSA) is 75.6 Å². The van der Waals surface area contributed by atoms with E-state index in [1.165, 1.54) is 11.2 Å². The SMILES string of the molecule is CN(C)C(=O)c1cncnc1C1CCN(C(=O)OC(C)(C)C)CC1. The number of likely N-dealkylation sites (tertiary alicyclic amines) is 1. The summed E-state index contributed by atoms with van der Waals surface area (Å²) >= 11 is 0. The summed E-state index contributed by atoms with van der Waals surface area (Å²) in [7, 11) is 3.43. The van der Waals surface area contributed by atoms with Crippen LogP contribution in [-0.4, -0.2) is 64.6 Å². The van der Waals surface area contributed by atoms with E-state index in [2.05, 4.69) is 9.97 Å². The highest BCUT2D eigenvalue weighted by molar-refractivity contribution is 5.94. The molecule has 0 unspecified atom stereocenters. The maximum Gasteiger partial charge on any atom is 0.410 e. The molecular formula is C17H26N4O3. The molecule has 0 bridgehead atoms. The van der Waals surface area contributed by atoms with Crippen molar-refractivity contribution < 1.29 is 14.3 Å². The molecule has 2 heterocycles. The molecule has 0 aliphatic carbocycles. The molecule has 1 aromatic heterocycles. The first-order valence-corrected chi connectivity index (χ1v) is 8.18. The van der Waals surface area contributed by atoms with Gasteiger partial charge in [-0.15, -0.1) is 0 Å². The standard InChI is InChI=1S/C17H26N4O3/c1-17(2,3)24-16(23)21-8-6-12(7-9-21)14-13(10-18-11-19-14)15(22)20(4)5/h10-12H,6-9H2,1-5H3. The first kappa shape index (κ1) is 18.2. The number of hydrogen-bond acceptors (Lipinski definition) is 5. The summed E-state index contributed by atoms with van der Waals surface area (Å²) in [5.41, 5.74) is 0.817. The molecule has 0 spiro atoms. The molecular weight excluding hydrogens is 308 g/mol. The van der Waals surface area contributed by atoms with E-state index in [0.717, 1.165) is 18.5 Å². The monoisotopic (exact) mass is 334 g/mol. The van der Waals surface area contributed by atoms with Crippen LogP contribution in [0, 0.1) is 0 Å². The van der Waals surface area contributed by atoms with E-state index in [1.54, 1.807) is 25.2 Å². The van der Waals surface area contributed by atoms with Gasteiger partial charge in [0, 0.05) is 39.3 Å². The Labute approximate surface area is 143 Å². The number of amides is 2. The fraction of sp³-hybridized carbons (Fsp3) is 0.647. The van der Waals surface area contributed by atoms with Crippen molar-refractivity contribution >= 4 is 12.0 Å². The summed E-state index contributed by atoms with van der Waals surface area (Å²) in [6.45, 7) is 6.77. The van der Waals surface area contributed by atoms with E-state index in [4.69, 9.17) is 4.74 Å². The Kier molecular flexibility index (Phi) is 5.41. The lowest BCUT2D eigenvalue weighted by atomic mass is 9.90. The van der Waals surface area contributed by atoms with Crippen LogP contribution in [0.4, 0.5) is 4.79 Å². The van der Waals surface area contributed by atoms with Crippen molar-refractivity contribution in [1.82, 2.24) is 19.8 Å². The Bertz CT molecular complexity index is 602. The van der Waals surface area contributed by atoms with Crippen LogP contribution in [0.1, 0.15) is 55.6 Å². The molecule has 7 heteroatoms. The normalized spacial score (nSPS) is 16.0. The molecule has 1 aliphatic heterocycles. The van der Waals surface area contributed by atoms with Gasteiger partial charge in [-0.05, 0) is 33.6 Å². The van der Waals surface area contributed by atoms with E-state index >= 15 is 0 Å². The number of carbonyl (C=O) groups excluding carboxylic acids is 2. The average Bonchev–Trinajstić information content (AvgIpc) is 2.52. The molecule has 1 aromatic rings. The van der Waals surface area contributed by atoms with Gasteiger partial charge < -0.3 is 14.5 Å². The van der Waals surface area contributed by atoms with Gasteiger partial charge in [0.15, 0.2) is 0 Å². The van der Waals surface area contributed by atoms with E-state index in [1.807, 2.05) is 20.8 Å². The van der Waals surface area contributed by atoms with Crippen LogP contribution in [0.2, 0.25) is 0 Å². The van der Waals surface area contributed by atoms with Crippen molar-refractivity contribution in [2.24, 2.45) is 0 Å². The molecule has 1 saturated heterocycles. The fourth-order valence-electron chi connectivity index (χ4n) is 2.73. The fourth-order valence-corrected chi connectivity index (χ4v) is 2.73. The van der Waals surface area contributed by atoms with Crippen molar-refractivity contribution in [1.29, 1.82) is 0 Å². The molecule has 0 aromatic carbocycles. The van der Waals surface area contributed by atoms with Gasteiger partial charge in [0.25, 0.3) is 5.91 Å². The predicted octanol–water partition coefficient (Wildman–Crippen LogP) is 2.29. The molecule has 132 valence electrons. The number of nitrogens with zero attached hydrogens (tertiary/aromatic N) is 4. The third kappa shape index (κ3) is 4.43. The third-order valence-electron chi connectivity index (χ3n) is 3.91. The summed E-state index contributed by atoms with van der Waals surface area (Å²) in [5.74, 6) is 0.0470. The van der Waals surface area contributed by atoms with Gasteiger partial charge in [-0.2, -0.15) is 0 Å². The van der Waals surface area contributed by atoms with Crippen molar-refractivity contribution in [2.75, 3.05) is 27.2 Å². The molecule has 0 radical (unpaired) electrons. The highest BCUT2D eigenvalue weighted by Crippen LogP contribution is 2.29. The van der Waals surface area contributed by atoms with E-state index in [9.17, 15) is 9.59 Å². The van der Waals surface area contributed by atoms with Gasteiger partial charge >= 0.3 is 6.09 Å². The molecule has 24 heavy (non-hydrogen) atoms. The van der Waals surface area contributed by atoms with Crippen LogP contribution >= 0.6 is 0 Å². The minimum atomic E-state index is -0.494. The van der Waals surface area contributed by atoms with Crippen molar-refractivity contribution in [2.45, 2.75) is 45.1 Å².